The smallest absolute Gasteiger partial charge is 0.305 e. The molecule has 0 aliphatic rings. The molecule has 162 valence electrons. The van der Waals surface area contributed by atoms with E-state index in [9.17, 15) is 19.2 Å². The van der Waals surface area contributed by atoms with Crippen molar-refractivity contribution in [2.24, 2.45) is 17.4 Å². The summed E-state index contributed by atoms with van der Waals surface area (Å²) in [6.45, 7) is 3.77. The minimum absolute atomic E-state index is 0. The second-order valence-corrected chi connectivity index (χ2v) is 7.05. The van der Waals surface area contributed by atoms with Gasteiger partial charge in [0.25, 0.3) is 0 Å². The van der Waals surface area contributed by atoms with Gasteiger partial charge in [0.05, 0.1) is 12.5 Å². The number of benzene rings is 1. The summed E-state index contributed by atoms with van der Waals surface area (Å²) in [5.74, 6) is -3.34. The van der Waals surface area contributed by atoms with E-state index in [-0.39, 0.29) is 24.7 Å². The Balaban J connectivity index is 0.00000784. The minimum Gasteiger partial charge on any atom is -0.481 e. The molecule has 10 heteroatoms. The molecule has 0 radical (unpaired) electrons. The molecule has 0 aromatic heterocycles. The summed E-state index contributed by atoms with van der Waals surface area (Å²) in [5, 5.41) is 13.8. The Kier molecular flexibility index (Phi) is 11.6. The van der Waals surface area contributed by atoms with Crippen molar-refractivity contribution in [3.05, 3.63) is 35.9 Å². The number of carbonyl (C=O) groups is 4. The Morgan fingerprint density at radius 2 is 1.55 bits per heavy atom. The molecular formula is C19H29ClN4O5. The third-order valence-corrected chi connectivity index (χ3v) is 4.02. The third kappa shape index (κ3) is 9.91. The molecule has 0 saturated heterocycles. The highest BCUT2D eigenvalue weighted by atomic mass is 35.5. The van der Waals surface area contributed by atoms with Crippen LogP contribution in [0.2, 0.25) is 0 Å². The van der Waals surface area contributed by atoms with Crippen molar-refractivity contribution in [2.45, 2.75) is 51.2 Å². The number of aliphatic carboxylic acids is 1. The van der Waals surface area contributed by atoms with Crippen LogP contribution in [0.1, 0.15) is 32.3 Å². The molecule has 0 unspecified atom stereocenters. The zero-order valence-corrected chi connectivity index (χ0v) is 17.3. The van der Waals surface area contributed by atoms with Crippen LogP contribution >= 0.6 is 12.4 Å². The number of carboxylic acids is 1. The molecule has 0 heterocycles. The van der Waals surface area contributed by atoms with Gasteiger partial charge in [-0.05, 0) is 17.9 Å². The Hall–Kier alpha value is -2.65. The van der Waals surface area contributed by atoms with Crippen molar-refractivity contribution in [2.75, 3.05) is 0 Å². The SMILES string of the molecule is CC(C)C[C@H](N)C(=O)N[C@@H](CC(=O)O)C(=O)N[C@@H](Cc1ccccc1)C(N)=O.Cl. The van der Waals surface area contributed by atoms with Crippen LogP contribution in [0.3, 0.4) is 0 Å². The fourth-order valence-corrected chi connectivity index (χ4v) is 2.62. The van der Waals surface area contributed by atoms with Crippen LogP contribution in [-0.4, -0.2) is 46.9 Å². The lowest BCUT2D eigenvalue weighted by molar-refractivity contribution is -0.141. The quantitative estimate of drug-likeness (QED) is 0.331. The van der Waals surface area contributed by atoms with E-state index >= 15 is 0 Å². The molecule has 9 nitrogen and oxygen atoms in total. The summed E-state index contributed by atoms with van der Waals surface area (Å²) in [6, 6.07) is 5.60. The molecule has 0 bridgehead atoms. The number of nitrogens with two attached hydrogens (primary N) is 2. The molecule has 3 amide bonds. The zero-order chi connectivity index (χ0) is 21.3. The van der Waals surface area contributed by atoms with Crippen LogP contribution in [0.15, 0.2) is 30.3 Å². The highest BCUT2D eigenvalue weighted by molar-refractivity contribution is 5.94. The molecule has 0 fully saturated rings. The molecular weight excluding hydrogens is 400 g/mol. The lowest BCUT2D eigenvalue weighted by Gasteiger charge is -2.23. The maximum atomic E-state index is 12.5. The first-order valence-corrected chi connectivity index (χ1v) is 9.01. The lowest BCUT2D eigenvalue weighted by Crippen LogP contribution is -2.56. The molecule has 0 saturated carbocycles. The second kappa shape index (κ2) is 12.7. The van der Waals surface area contributed by atoms with Gasteiger partial charge >= 0.3 is 5.97 Å². The Labute approximate surface area is 176 Å². The van der Waals surface area contributed by atoms with E-state index < -0.39 is 48.2 Å². The first kappa shape index (κ1) is 26.4. The molecule has 7 N–H and O–H groups in total. The normalized spacial score (nSPS) is 13.5. The molecule has 1 aromatic carbocycles. The third-order valence-electron chi connectivity index (χ3n) is 4.02. The minimum atomic E-state index is -1.37. The van der Waals surface area contributed by atoms with Crippen LogP contribution in [-0.2, 0) is 25.6 Å². The van der Waals surface area contributed by atoms with Crippen LogP contribution < -0.4 is 22.1 Å². The number of primary amides is 1. The van der Waals surface area contributed by atoms with Gasteiger partial charge in [0.15, 0.2) is 0 Å². The summed E-state index contributed by atoms with van der Waals surface area (Å²) >= 11 is 0. The predicted molar refractivity (Wildman–Crippen MR) is 110 cm³/mol. The molecule has 1 aromatic rings. The summed E-state index contributed by atoms with van der Waals surface area (Å²) in [6.07, 6.45) is -0.129. The van der Waals surface area contributed by atoms with Crippen molar-refractivity contribution in [1.29, 1.82) is 0 Å². The number of rotatable bonds is 11. The summed E-state index contributed by atoms with van der Waals surface area (Å²) in [7, 11) is 0. The van der Waals surface area contributed by atoms with Gasteiger partial charge in [-0.2, -0.15) is 0 Å². The van der Waals surface area contributed by atoms with Gasteiger partial charge < -0.3 is 27.2 Å². The fraction of sp³-hybridized carbons (Fsp3) is 0.474. The van der Waals surface area contributed by atoms with E-state index in [1.807, 2.05) is 13.8 Å². The van der Waals surface area contributed by atoms with E-state index in [1.165, 1.54) is 0 Å². The average molecular weight is 429 g/mol. The van der Waals surface area contributed by atoms with Gasteiger partial charge in [0.2, 0.25) is 17.7 Å². The largest absolute Gasteiger partial charge is 0.481 e. The van der Waals surface area contributed by atoms with E-state index in [0.717, 1.165) is 5.56 Å². The van der Waals surface area contributed by atoms with E-state index in [0.29, 0.717) is 6.42 Å². The van der Waals surface area contributed by atoms with Gasteiger partial charge in [-0.25, -0.2) is 0 Å². The molecule has 3 atom stereocenters. The Morgan fingerprint density at radius 1 is 1.00 bits per heavy atom. The number of hydrogen-bond donors (Lipinski definition) is 5. The number of hydrogen-bond acceptors (Lipinski definition) is 5. The maximum absolute atomic E-state index is 12.5. The number of nitrogens with one attached hydrogen (secondary N) is 2. The molecule has 0 aliphatic heterocycles. The monoisotopic (exact) mass is 428 g/mol. The van der Waals surface area contributed by atoms with Gasteiger partial charge in [0.1, 0.15) is 12.1 Å². The Bertz CT molecular complexity index is 699. The van der Waals surface area contributed by atoms with Crippen molar-refractivity contribution in [3.63, 3.8) is 0 Å². The highest BCUT2D eigenvalue weighted by Crippen LogP contribution is 2.06. The first-order chi connectivity index (χ1) is 13.1. The van der Waals surface area contributed by atoms with Crippen molar-refractivity contribution >= 4 is 36.1 Å². The summed E-state index contributed by atoms with van der Waals surface area (Å²) < 4.78 is 0. The van der Waals surface area contributed by atoms with Gasteiger partial charge in [-0.1, -0.05) is 44.2 Å². The number of amides is 3. The molecule has 1 rings (SSSR count). The number of carboxylic acid groups (broad SMARTS) is 1. The average Bonchev–Trinajstić information content (AvgIpc) is 2.60. The molecule has 0 spiro atoms. The summed E-state index contributed by atoms with van der Waals surface area (Å²) in [4.78, 5) is 47.5. The first-order valence-electron chi connectivity index (χ1n) is 9.01. The predicted octanol–water partition coefficient (Wildman–Crippen LogP) is -0.0461. The molecule has 29 heavy (non-hydrogen) atoms. The van der Waals surface area contributed by atoms with Crippen LogP contribution in [0, 0.1) is 5.92 Å². The number of carbonyl (C=O) groups excluding carboxylic acids is 3. The maximum Gasteiger partial charge on any atom is 0.305 e. The molecule has 0 aliphatic carbocycles. The van der Waals surface area contributed by atoms with Crippen molar-refractivity contribution in [1.82, 2.24) is 10.6 Å². The standard InChI is InChI=1S/C19H28N4O5.ClH/c1-11(2)8-13(20)18(27)23-15(10-16(24)25)19(28)22-14(17(21)26)9-12-6-4-3-5-7-12;/h3-7,11,13-15H,8-10,20H2,1-2H3,(H2,21,26)(H,22,28)(H,23,27)(H,24,25);1H/t13-,14-,15-;/m0./s1. The lowest BCUT2D eigenvalue weighted by atomic mass is 10.0. The second-order valence-electron chi connectivity index (χ2n) is 7.05. The van der Waals surface area contributed by atoms with Crippen LogP contribution in [0.4, 0.5) is 0 Å². The topological polar surface area (TPSA) is 165 Å². The highest BCUT2D eigenvalue weighted by Gasteiger charge is 2.29. The van der Waals surface area contributed by atoms with Gasteiger partial charge in [-0.15, -0.1) is 12.4 Å². The fourth-order valence-electron chi connectivity index (χ4n) is 2.62. The van der Waals surface area contributed by atoms with Crippen molar-refractivity contribution in [3.8, 4) is 0 Å². The van der Waals surface area contributed by atoms with Gasteiger partial charge in [-0.3, -0.25) is 19.2 Å². The van der Waals surface area contributed by atoms with Crippen molar-refractivity contribution < 1.29 is 24.3 Å². The van der Waals surface area contributed by atoms with Gasteiger partial charge in [0, 0.05) is 6.42 Å². The Morgan fingerprint density at radius 3 is 2.03 bits per heavy atom. The number of halogens is 1. The van der Waals surface area contributed by atoms with Crippen LogP contribution in [0.5, 0.6) is 0 Å². The van der Waals surface area contributed by atoms with E-state index in [2.05, 4.69) is 10.6 Å². The van der Waals surface area contributed by atoms with E-state index in [4.69, 9.17) is 16.6 Å². The zero-order valence-electron chi connectivity index (χ0n) is 16.5. The summed E-state index contributed by atoms with van der Waals surface area (Å²) in [5.41, 5.74) is 11.9. The van der Waals surface area contributed by atoms with Crippen LogP contribution in [0.25, 0.3) is 0 Å². The van der Waals surface area contributed by atoms with E-state index in [1.54, 1.807) is 30.3 Å².